The molecule has 2 aliphatic rings. The van der Waals surface area contributed by atoms with Gasteiger partial charge in [0.25, 0.3) is 0 Å². The highest BCUT2D eigenvalue weighted by Gasteiger charge is 2.33. The Hall–Kier alpha value is -0.870. The van der Waals surface area contributed by atoms with E-state index in [1.165, 1.54) is 32.4 Å². The van der Waals surface area contributed by atoms with Gasteiger partial charge in [-0.05, 0) is 38.3 Å². The maximum atomic E-state index is 4.32. The molecule has 2 heterocycles. The second kappa shape index (κ2) is 4.78. The topological polar surface area (TPSA) is 33.1 Å². The van der Waals surface area contributed by atoms with Crippen LogP contribution in [0.15, 0.2) is 12.4 Å². The number of imidazole rings is 1. The van der Waals surface area contributed by atoms with Crippen LogP contribution >= 0.6 is 0 Å². The van der Waals surface area contributed by atoms with E-state index in [-0.39, 0.29) is 0 Å². The summed E-state index contributed by atoms with van der Waals surface area (Å²) >= 11 is 0. The van der Waals surface area contributed by atoms with Gasteiger partial charge in [-0.2, -0.15) is 0 Å². The van der Waals surface area contributed by atoms with Crippen LogP contribution in [0.25, 0.3) is 0 Å². The molecule has 1 unspecified atom stereocenters. The predicted molar refractivity (Wildman–Crippen MR) is 67.6 cm³/mol. The molecule has 1 aliphatic heterocycles. The smallest absolute Gasteiger partial charge is 0.122 e. The first-order valence-corrected chi connectivity index (χ1v) is 6.74. The fourth-order valence-corrected chi connectivity index (χ4v) is 2.76. The molecule has 1 saturated carbocycles. The minimum absolute atomic E-state index is 0.843. The van der Waals surface area contributed by atoms with Crippen molar-refractivity contribution in [2.45, 2.75) is 31.8 Å². The molecule has 2 fully saturated rings. The van der Waals surface area contributed by atoms with E-state index in [2.05, 4.69) is 26.8 Å². The minimum atomic E-state index is 0.843. The first kappa shape index (κ1) is 11.2. The lowest BCUT2D eigenvalue weighted by Gasteiger charge is -2.15. The third kappa shape index (κ3) is 2.69. The molecule has 1 atom stereocenters. The third-order valence-corrected chi connectivity index (χ3v) is 4.02. The molecule has 1 aromatic heterocycles. The number of hydrogen-bond acceptors (Lipinski definition) is 3. The summed E-state index contributed by atoms with van der Waals surface area (Å²) in [5.74, 6) is 1.97. The Morgan fingerprint density at radius 2 is 2.29 bits per heavy atom. The lowest BCUT2D eigenvalue weighted by atomic mass is 10.1. The van der Waals surface area contributed by atoms with E-state index < -0.39 is 0 Å². The molecule has 1 saturated heterocycles. The number of likely N-dealkylation sites (tertiary alicyclic amines) is 1. The molecule has 0 radical (unpaired) electrons. The second-order valence-electron chi connectivity index (χ2n) is 5.47. The monoisotopic (exact) mass is 234 g/mol. The van der Waals surface area contributed by atoms with Crippen molar-refractivity contribution in [3.8, 4) is 0 Å². The van der Waals surface area contributed by atoms with Crippen LogP contribution < -0.4 is 5.32 Å². The minimum Gasteiger partial charge on any atom is -0.337 e. The zero-order valence-corrected chi connectivity index (χ0v) is 10.6. The molecule has 0 spiro atoms. The van der Waals surface area contributed by atoms with E-state index in [1.807, 2.05) is 12.4 Å². The fraction of sp³-hybridized carbons (Fsp3) is 0.769. The molecule has 17 heavy (non-hydrogen) atoms. The zero-order chi connectivity index (χ0) is 11.7. The molecular weight excluding hydrogens is 212 g/mol. The molecule has 4 nitrogen and oxygen atoms in total. The van der Waals surface area contributed by atoms with Crippen molar-refractivity contribution < 1.29 is 0 Å². The van der Waals surface area contributed by atoms with Gasteiger partial charge >= 0.3 is 0 Å². The third-order valence-electron chi connectivity index (χ3n) is 4.02. The molecule has 1 aromatic rings. The highest BCUT2D eigenvalue weighted by atomic mass is 15.2. The van der Waals surface area contributed by atoms with E-state index >= 15 is 0 Å². The number of aromatic nitrogens is 2. The van der Waals surface area contributed by atoms with Crippen LogP contribution in [-0.2, 0) is 13.6 Å². The highest BCUT2D eigenvalue weighted by Crippen LogP contribution is 2.31. The summed E-state index contributed by atoms with van der Waals surface area (Å²) in [6, 6.07) is 0.939. The normalized spacial score (nSPS) is 25.6. The van der Waals surface area contributed by atoms with Crippen molar-refractivity contribution in [2.24, 2.45) is 13.0 Å². The molecule has 0 bridgehead atoms. The maximum Gasteiger partial charge on any atom is 0.122 e. The van der Waals surface area contributed by atoms with Crippen LogP contribution in [-0.4, -0.2) is 40.1 Å². The van der Waals surface area contributed by atoms with Gasteiger partial charge in [0.05, 0.1) is 6.54 Å². The van der Waals surface area contributed by atoms with Crippen LogP contribution in [0.2, 0.25) is 0 Å². The average Bonchev–Trinajstić information content (AvgIpc) is 2.94. The summed E-state index contributed by atoms with van der Waals surface area (Å²) in [6.45, 7) is 4.65. The van der Waals surface area contributed by atoms with Gasteiger partial charge in [-0.1, -0.05) is 0 Å². The van der Waals surface area contributed by atoms with Crippen molar-refractivity contribution in [3.63, 3.8) is 0 Å². The van der Waals surface area contributed by atoms with Crippen molar-refractivity contribution in [1.29, 1.82) is 0 Å². The van der Waals surface area contributed by atoms with E-state index in [4.69, 9.17) is 0 Å². The second-order valence-corrected chi connectivity index (χ2v) is 5.47. The molecule has 1 aliphatic carbocycles. The Kier molecular flexibility index (Phi) is 3.16. The number of rotatable bonds is 5. The molecule has 94 valence electrons. The van der Waals surface area contributed by atoms with Crippen LogP contribution in [0, 0.1) is 5.92 Å². The largest absolute Gasteiger partial charge is 0.337 e. The highest BCUT2D eigenvalue weighted by molar-refractivity contribution is 4.92. The number of nitrogens with one attached hydrogen (secondary N) is 1. The molecule has 0 aromatic carbocycles. The molecule has 4 heteroatoms. The Balaban J connectivity index is 1.39. The van der Waals surface area contributed by atoms with Crippen molar-refractivity contribution in [1.82, 2.24) is 19.8 Å². The maximum absolute atomic E-state index is 4.32. The van der Waals surface area contributed by atoms with Gasteiger partial charge in [0.15, 0.2) is 0 Å². The number of nitrogens with zero attached hydrogens (tertiary/aromatic N) is 3. The Morgan fingerprint density at radius 1 is 1.41 bits per heavy atom. The summed E-state index contributed by atoms with van der Waals surface area (Å²) in [7, 11) is 2.05. The number of hydrogen-bond donors (Lipinski definition) is 1. The van der Waals surface area contributed by atoms with Gasteiger partial charge < -0.3 is 14.8 Å². The zero-order valence-electron chi connectivity index (χ0n) is 10.6. The van der Waals surface area contributed by atoms with Gasteiger partial charge in [0.2, 0.25) is 0 Å². The summed E-state index contributed by atoms with van der Waals surface area (Å²) in [5.41, 5.74) is 0. The summed E-state index contributed by atoms with van der Waals surface area (Å²) in [6.07, 6.45) is 8.10. The van der Waals surface area contributed by atoms with E-state index in [1.54, 1.807) is 0 Å². The predicted octanol–water partition coefficient (Wildman–Crippen LogP) is 0.994. The van der Waals surface area contributed by atoms with Gasteiger partial charge in [0, 0.05) is 32.0 Å². The standard InChI is InChI=1S/C13H22N4/c1-16-7-5-15-13(16)9-14-8-11-4-6-17(10-11)12-2-3-12/h5,7,11-12,14H,2-4,6,8-10H2,1H3. The SMILES string of the molecule is Cn1ccnc1CNCC1CCN(C2CC2)C1. The Morgan fingerprint density at radius 3 is 3.00 bits per heavy atom. The Bertz CT molecular complexity index is 369. The van der Waals surface area contributed by atoms with E-state index in [0.29, 0.717) is 0 Å². The van der Waals surface area contributed by atoms with Crippen LogP contribution in [0.5, 0.6) is 0 Å². The van der Waals surface area contributed by atoms with Crippen molar-refractivity contribution in [3.05, 3.63) is 18.2 Å². The van der Waals surface area contributed by atoms with Gasteiger partial charge in [-0.15, -0.1) is 0 Å². The molecule has 0 amide bonds. The van der Waals surface area contributed by atoms with Crippen LogP contribution in [0.1, 0.15) is 25.1 Å². The summed E-state index contributed by atoms with van der Waals surface area (Å²) in [5, 5.41) is 3.54. The summed E-state index contributed by atoms with van der Waals surface area (Å²) < 4.78 is 2.08. The average molecular weight is 234 g/mol. The van der Waals surface area contributed by atoms with E-state index in [9.17, 15) is 0 Å². The van der Waals surface area contributed by atoms with E-state index in [0.717, 1.165) is 30.9 Å². The molecular formula is C13H22N4. The van der Waals surface area contributed by atoms with Gasteiger partial charge in [0.1, 0.15) is 5.82 Å². The Labute approximate surface area is 103 Å². The molecule has 3 rings (SSSR count). The van der Waals surface area contributed by atoms with Gasteiger partial charge in [-0.25, -0.2) is 4.98 Å². The quantitative estimate of drug-likeness (QED) is 0.825. The lowest BCUT2D eigenvalue weighted by Crippen LogP contribution is -2.28. The van der Waals surface area contributed by atoms with Crippen molar-refractivity contribution in [2.75, 3.05) is 19.6 Å². The lowest BCUT2D eigenvalue weighted by molar-refractivity contribution is 0.311. The summed E-state index contributed by atoms with van der Waals surface area (Å²) in [4.78, 5) is 7.00. The van der Waals surface area contributed by atoms with Gasteiger partial charge in [-0.3, -0.25) is 0 Å². The van der Waals surface area contributed by atoms with Crippen LogP contribution in [0.3, 0.4) is 0 Å². The van der Waals surface area contributed by atoms with Crippen molar-refractivity contribution >= 4 is 0 Å². The van der Waals surface area contributed by atoms with Crippen LogP contribution in [0.4, 0.5) is 0 Å². The molecule has 1 N–H and O–H groups in total. The first-order valence-electron chi connectivity index (χ1n) is 6.74. The first-order chi connectivity index (χ1) is 8.33. The number of aryl methyl sites for hydroxylation is 1. The fourth-order valence-electron chi connectivity index (χ4n) is 2.76.